The van der Waals surface area contributed by atoms with E-state index >= 15 is 0 Å². The molecule has 0 radical (unpaired) electrons. The van der Waals surface area contributed by atoms with Crippen LogP contribution in [0.3, 0.4) is 0 Å². The number of ether oxygens (including phenoxy) is 2. The molecule has 0 fully saturated rings. The topological polar surface area (TPSA) is 71.6 Å². The zero-order valence-electron chi connectivity index (χ0n) is 16.2. The third-order valence-corrected chi connectivity index (χ3v) is 4.01. The first-order valence-corrected chi connectivity index (χ1v) is 9.66. The second-order valence-corrected chi connectivity index (χ2v) is 7.05. The number of benzene rings is 2. The molecule has 6 nitrogen and oxygen atoms in total. The first-order chi connectivity index (χ1) is 13.5. The molecule has 0 spiro atoms. The Morgan fingerprint density at radius 2 is 1.61 bits per heavy atom. The van der Waals surface area contributed by atoms with Gasteiger partial charge in [0.05, 0.1) is 0 Å². The summed E-state index contributed by atoms with van der Waals surface area (Å²) in [7, 11) is 0. The molecule has 3 N–H and O–H groups in total. The molecular weight excluding hydrogens is 374 g/mol. The minimum Gasteiger partial charge on any atom is -0.489 e. The number of nitrogens with one attached hydrogen (secondary N) is 3. The Morgan fingerprint density at radius 3 is 2.25 bits per heavy atom. The van der Waals surface area contributed by atoms with Crippen molar-refractivity contribution in [3.8, 4) is 11.5 Å². The quantitative estimate of drug-likeness (QED) is 0.443. The fourth-order valence-corrected chi connectivity index (χ4v) is 2.36. The van der Waals surface area contributed by atoms with Crippen LogP contribution in [0, 0.1) is 5.92 Å². The van der Waals surface area contributed by atoms with Gasteiger partial charge in [-0.1, -0.05) is 44.2 Å². The van der Waals surface area contributed by atoms with Crippen molar-refractivity contribution in [2.45, 2.75) is 26.9 Å². The van der Waals surface area contributed by atoms with Crippen molar-refractivity contribution in [2.75, 3.05) is 13.2 Å². The summed E-state index contributed by atoms with van der Waals surface area (Å²) in [5.74, 6) is 1.59. The second kappa shape index (κ2) is 11.8. The summed E-state index contributed by atoms with van der Waals surface area (Å²) < 4.78 is 11.2. The van der Waals surface area contributed by atoms with E-state index < -0.39 is 0 Å². The second-order valence-electron chi connectivity index (χ2n) is 6.65. The van der Waals surface area contributed by atoms with Crippen molar-refractivity contribution in [3.63, 3.8) is 0 Å². The molecule has 0 bridgehead atoms. The smallest absolute Gasteiger partial charge is 0.276 e. The molecule has 0 aliphatic rings. The number of rotatable bonds is 9. The lowest BCUT2D eigenvalue weighted by atomic mass is 10.1. The molecular formula is C21H27N3O3S. The van der Waals surface area contributed by atoms with E-state index in [9.17, 15) is 4.79 Å². The monoisotopic (exact) mass is 401 g/mol. The van der Waals surface area contributed by atoms with E-state index in [0.717, 1.165) is 24.3 Å². The highest BCUT2D eigenvalue weighted by molar-refractivity contribution is 7.80. The van der Waals surface area contributed by atoms with Crippen molar-refractivity contribution in [3.05, 3.63) is 60.2 Å². The molecule has 2 aromatic rings. The summed E-state index contributed by atoms with van der Waals surface area (Å²) in [6, 6.07) is 17.1. The van der Waals surface area contributed by atoms with Crippen molar-refractivity contribution >= 4 is 23.2 Å². The Kier molecular flexibility index (Phi) is 9.07. The van der Waals surface area contributed by atoms with E-state index in [0.29, 0.717) is 23.4 Å². The average Bonchev–Trinajstić information content (AvgIpc) is 2.70. The first kappa shape index (κ1) is 21.5. The maximum Gasteiger partial charge on any atom is 0.276 e. The summed E-state index contributed by atoms with van der Waals surface area (Å²) >= 11 is 5.08. The van der Waals surface area contributed by atoms with Gasteiger partial charge in [-0.25, -0.2) is 0 Å². The van der Waals surface area contributed by atoms with E-state index in [4.69, 9.17) is 21.7 Å². The predicted octanol–water partition coefficient (Wildman–Crippen LogP) is 3.19. The van der Waals surface area contributed by atoms with Crippen LogP contribution in [0.5, 0.6) is 11.5 Å². The third kappa shape index (κ3) is 8.73. The zero-order valence-corrected chi connectivity index (χ0v) is 17.1. The summed E-state index contributed by atoms with van der Waals surface area (Å²) in [4.78, 5) is 11.8. The van der Waals surface area contributed by atoms with Gasteiger partial charge in [0.25, 0.3) is 5.91 Å². The molecule has 0 atom stereocenters. The van der Waals surface area contributed by atoms with E-state index in [1.165, 1.54) is 0 Å². The summed E-state index contributed by atoms with van der Waals surface area (Å²) in [5, 5.41) is 3.41. The largest absolute Gasteiger partial charge is 0.489 e. The van der Waals surface area contributed by atoms with E-state index in [-0.39, 0.29) is 12.5 Å². The third-order valence-electron chi connectivity index (χ3n) is 3.76. The molecule has 28 heavy (non-hydrogen) atoms. The molecule has 0 aromatic heterocycles. The van der Waals surface area contributed by atoms with Gasteiger partial charge < -0.3 is 14.8 Å². The molecule has 1 amide bonds. The molecule has 7 heteroatoms. The SMILES string of the molecule is CC(C)CCNC(=S)NNC(=O)COc1ccc(OCc2ccccc2)cc1. The van der Waals surface area contributed by atoms with Crippen LogP contribution >= 0.6 is 12.2 Å². The molecule has 0 saturated heterocycles. The zero-order chi connectivity index (χ0) is 20.2. The molecule has 0 aliphatic heterocycles. The Hall–Kier alpha value is -2.80. The predicted molar refractivity (Wildman–Crippen MR) is 114 cm³/mol. The van der Waals surface area contributed by atoms with Crippen molar-refractivity contribution in [1.29, 1.82) is 0 Å². The van der Waals surface area contributed by atoms with Crippen molar-refractivity contribution < 1.29 is 14.3 Å². The number of hydrogen-bond acceptors (Lipinski definition) is 4. The van der Waals surface area contributed by atoms with E-state index in [1.54, 1.807) is 12.1 Å². The van der Waals surface area contributed by atoms with E-state index in [1.807, 2.05) is 42.5 Å². The van der Waals surface area contributed by atoms with E-state index in [2.05, 4.69) is 30.0 Å². The van der Waals surface area contributed by atoms with Gasteiger partial charge in [0.2, 0.25) is 0 Å². The Labute approximate surface area is 171 Å². The lowest BCUT2D eigenvalue weighted by Gasteiger charge is -2.13. The van der Waals surface area contributed by atoms with Crippen LogP contribution in [-0.2, 0) is 11.4 Å². The van der Waals surface area contributed by atoms with Gasteiger partial charge in [-0.15, -0.1) is 0 Å². The van der Waals surface area contributed by atoms with Gasteiger partial charge in [-0.05, 0) is 54.4 Å². The Morgan fingerprint density at radius 1 is 0.964 bits per heavy atom. The lowest BCUT2D eigenvalue weighted by Crippen LogP contribution is -2.48. The van der Waals surface area contributed by atoms with Crippen molar-refractivity contribution in [1.82, 2.24) is 16.2 Å². The normalized spacial score (nSPS) is 10.2. The summed E-state index contributed by atoms with van der Waals surface area (Å²) in [5.41, 5.74) is 6.25. The number of thiocarbonyl (C=S) groups is 1. The fourth-order valence-electron chi connectivity index (χ4n) is 2.20. The molecule has 150 valence electrons. The first-order valence-electron chi connectivity index (χ1n) is 9.25. The molecule has 2 aromatic carbocycles. The minimum absolute atomic E-state index is 0.119. The van der Waals surface area contributed by atoms with Gasteiger partial charge in [0, 0.05) is 6.54 Å². The van der Waals surface area contributed by atoms with Gasteiger partial charge in [-0.2, -0.15) is 0 Å². The van der Waals surface area contributed by atoms with Crippen LogP contribution < -0.4 is 25.6 Å². The highest BCUT2D eigenvalue weighted by atomic mass is 32.1. The van der Waals surface area contributed by atoms with Crippen molar-refractivity contribution in [2.24, 2.45) is 5.92 Å². The standard InChI is InChI=1S/C21H27N3O3S/c1-16(2)12-13-22-21(28)24-23-20(25)15-27-19-10-8-18(9-11-19)26-14-17-6-4-3-5-7-17/h3-11,16H,12-15H2,1-2H3,(H,23,25)(H2,22,24,28). The number of amides is 1. The highest BCUT2D eigenvalue weighted by Crippen LogP contribution is 2.18. The average molecular weight is 402 g/mol. The van der Waals surface area contributed by atoms with Crippen LogP contribution in [-0.4, -0.2) is 24.2 Å². The summed E-state index contributed by atoms with van der Waals surface area (Å²) in [6.45, 7) is 5.42. The van der Waals surface area contributed by atoms with Gasteiger partial charge in [0.15, 0.2) is 11.7 Å². The maximum absolute atomic E-state index is 11.8. The number of hydrogen-bond donors (Lipinski definition) is 3. The molecule has 2 rings (SSSR count). The number of hydrazine groups is 1. The number of carbonyl (C=O) groups is 1. The summed E-state index contributed by atoms with van der Waals surface area (Å²) in [6.07, 6.45) is 1.00. The fraction of sp³-hybridized carbons (Fsp3) is 0.333. The number of carbonyl (C=O) groups excluding carboxylic acids is 1. The molecule has 0 aliphatic carbocycles. The van der Waals surface area contributed by atoms with Gasteiger partial charge >= 0.3 is 0 Å². The Bertz CT molecular complexity index is 736. The molecule has 0 unspecified atom stereocenters. The van der Waals surface area contributed by atoms with Crippen LogP contribution in [0.4, 0.5) is 0 Å². The van der Waals surface area contributed by atoms with Gasteiger partial charge in [-0.3, -0.25) is 15.6 Å². The van der Waals surface area contributed by atoms with Gasteiger partial charge in [0.1, 0.15) is 18.1 Å². The molecule has 0 heterocycles. The van der Waals surface area contributed by atoms with Crippen LogP contribution in [0.2, 0.25) is 0 Å². The minimum atomic E-state index is -0.322. The Balaban J connectivity index is 1.64. The lowest BCUT2D eigenvalue weighted by molar-refractivity contribution is -0.123. The van der Waals surface area contributed by atoms with Crippen LogP contribution in [0.15, 0.2) is 54.6 Å². The molecule has 0 saturated carbocycles. The maximum atomic E-state index is 11.8. The highest BCUT2D eigenvalue weighted by Gasteiger charge is 2.04. The van der Waals surface area contributed by atoms with Crippen LogP contribution in [0.25, 0.3) is 0 Å². The van der Waals surface area contributed by atoms with Crippen LogP contribution in [0.1, 0.15) is 25.8 Å².